The second-order valence-corrected chi connectivity index (χ2v) is 1.64. The zero-order valence-electron chi connectivity index (χ0n) is 4.36. The molecule has 0 rings (SSSR count). The third kappa shape index (κ3) is 22.6. The van der Waals surface area contributed by atoms with E-state index in [1.807, 2.05) is 0 Å². The van der Waals surface area contributed by atoms with E-state index in [0.29, 0.717) is 8.01 Å². The van der Waals surface area contributed by atoms with Crippen LogP contribution >= 0.6 is 8.01 Å². The molecule has 0 aromatic carbocycles. The second-order valence-electron chi connectivity index (χ2n) is 0.183. The molecule has 0 spiro atoms. The van der Waals surface area contributed by atoms with Crippen LogP contribution in [0.15, 0.2) is 0 Å². The SMILES string of the molecule is O=P[SiH3].[H-].[Na+].[Zr]. The molecule has 0 saturated heterocycles. The van der Waals surface area contributed by atoms with E-state index in [0.717, 1.165) is 9.91 Å². The van der Waals surface area contributed by atoms with Gasteiger partial charge in [-0.25, -0.2) is 0 Å². The van der Waals surface area contributed by atoms with Gasteiger partial charge in [-0.1, -0.05) is 0 Å². The van der Waals surface area contributed by atoms with Gasteiger partial charge in [-0.3, -0.25) is 4.57 Å². The van der Waals surface area contributed by atoms with Crippen LogP contribution < -0.4 is 29.6 Å². The van der Waals surface area contributed by atoms with Gasteiger partial charge >= 0.3 is 29.6 Å². The molecule has 0 heterocycles. The molecule has 0 unspecified atom stereocenters. The van der Waals surface area contributed by atoms with Crippen molar-refractivity contribution in [1.82, 2.24) is 0 Å². The van der Waals surface area contributed by atoms with Gasteiger partial charge in [-0.2, -0.15) is 0 Å². The molecular weight excluding hydrogens is 189 g/mol. The predicted octanol–water partition coefficient (Wildman–Crippen LogP) is -3.33. The number of rotatable bonds is 0. The van der Waals surface area contributed by atoms with Crippen molar-refractivity contribution in [3.05, 3.63) is 0 Å². The minimum atomic E-state index is 0. The maximum atomic E-state index is 8.96. The predicted molar refractivity (Wildman–Crippen MR) is 18.7 cm³/mol. The Morgan fingerprint density at radius 2 is 1.80 bits per heavy atom. The van der Waals surface area contributed by atoms with Gasteiger partial charge in [0.2, 0.25) is 0 Å². The zero-order chi connectivity index (χ0) is 2.71. The van der Waals surface area contributed by atoms with Crippen LogP contribution in [0.1, 0.15) is 1.43 Å². The van der Waals surface area contributed by atoms with Crippen molar-refractivity contribution < 1.29 is 61.8 Å². The molecule has 0 saturated carbocycles. The van der Waals surface area contributed by atoms with Crippen LogP contribution in [0.3, 0.4) is 0 Å². The van der Waals surface area contributed by atoms with E-state index < -0.39 is 0 Å². The van der Waals surface area contributed by atoms with E-state index in [1.54, 1.807) is 0 Å². The molecule has 0 bridgehead atoms. The Morgan fingerprint density at radius 3 is 1.80 bits per heavy atom. The van der Waals surface area contributed by atoms with Crippen molar-refractivity contribution in [2.24, 2.45) is 0 Å². The van der Waals surface area contributed by atoms with Gasteiger partial charge in [0.05, 0.1) is 0 Å². The number of hydrogen-bond donors (Lipinski definition) is 0. The summed E-state index contributed by atoms with van der Waals surface area (Å²) in [6.45, 7) is 0. The first-order valence-corrected chi connectivity index (χ1v) is 4.57. The van der Waals surface area contributed by atoms with Crippen molar-refractivity contribution in [1.29, 1.82) is 0 Å². The Balaban J connectivity index is -0.00000000667. The molecule has 0 fully saturated rings. The normalized spacial score (nSPS) is 4.80. The summed E-state index contributed by atoms with van der Waals surface area (Å²) in [5, 5.41) is 0. The van der Waals surface area contributed by atoms with Gasteiger partial charge in [-0.05, 0) is 0 Å². The van der Waals surface area contributed by atoms with Crippen molar-refractivity contribution in [3.8, 4) is 0 Å². The van der Waals surface area contributed by atoms with E-state index >= 15 is 0 Å². The topological polar surface area (TPSA) is 17.1 Å². The summed E-state index contributed by atoms with van der Waals surface area (Å²) in [5.41, 5.74) is 0. The Labute approximate surface area is 78.7 Å². The van der Waals surface area contributed by atoms with Crippen LogP contribution in [0.2, 0.25) is 0 Å². The Morgan fingerprint density at radius 1 is 1.80 bits per heavy atom. The smallest absolute Gasteiger partial charge is 1.00 e. The van der Waals surface area contributed by atoms with Crippen molar-refractivity contribution >= 4 is 17.9 Å². The molecule has 0 N–H and O–H groups in total. The standard InChI is InChI=1S/Na.H3OPSi.Zr.H/c;1-2-3;;/h;3H3;;/q+1;;;-1. The van der Waals surface area contributed by atoms with Gasteiger partial charge in [0.1, 0.15) is 17.9 Å². The van der Waals surface area contributed by atoms with E-state index in [9.17, 15) is 0 Å². The molecule has 0 atom stereocenters. The molecule has 0 aromatic heterocycles. The van der Waals surface area contributed by atoms with Crippen LogP contribution in [0.25, 0.3) is 0 Å². The van der Waals surface area contributed by atoms with Crippen molar-refractivity contribution in [3.63, 3.8) is 0 Å². The fourth-order valence-electron chi connectivity index (χ4n) is 0. The van der Waals surface area contributed by atoms with Gasteiger partial charge in [0.15, 0.2) is 0 Å². The molecule has 0 radical (unpaired) electrons. The first kappa shape index (κ1) is 15.7. The van der Waals surface area contributed by atoms with E-state index in [4.69, 9.17) is 4.57 Å². The maximum absolute atomic E-state index is 8.96. The summed E-state index contributed by atoms with van der Waals surface area (Å²) in [7, 11) is 1.09. The third-order valence-electron chi connectivity index (χ3n) is 0. The fourth-order valence-corrected chi connectivity index (χ4v) is 0. The largest absolute Gasteiger partial charge is 1.00 e. The summed E-state index contributed by atoms with van der Waals surface area (Å²) < 4.78 is 8.96. The molecule has 1 nitrogen and oxygen atoms in total. The Hall–Kier alpha value is 2.20. The van der Waals surface area contributed by atoms with Gasteiger partial charge in [0, 0.05) is 26.2 Å². The molecule has 0 amide bonds. The van der Waals surface area contributed by atoms with Gasteiger partial charge in [-0.15, -0.1) is 0 Å². The van der Waals surface area contributed by atoms with E-state index in [-0.39, 0.29) is 57.2 Å². The molecule has 0 aliphatic rings. The third-order valence-corrected chi connectivity index (χ3v) is 0. The monoisotopic (exact) mass is 192 g/mol. The van der Waals surface area contributed by atoms with Crippen molar-refractivity contribution in [2.75, 3.05) is 0 Å². The van der Waals surface area contributed by atoms with Crippen molar-refractivity contribution in [2.45, 2.75) is 0 Å². The molecule has 5 heteroatoms. The minimum absolute atomic E-state index is 0. The molecular formula is H4NaOPSiZr. The average molecular weight is 193 g/mol. The maximum Gasteiger partial charge on any atom is 1.00 e. The molecule has 0 aromatic rings. The fraction of sp³-hybridized carbons (Fsp3) is 0. The molecule has 24 valence electrons. The van der Waals surface area contributed by atoms with Crippen LogP contribution in [0.5, 0.6) is 0 Å². The second kappa shape index (κ2) is 16.4. The summed E-state index contributed by atoms with van der Waals surface area (Å²) >= 11 is 0. The van der Waals surface area contributed by atoms with Crippen LogP contribution in [-0.2, 0) is 30.8 Å². The van der Waals surface area contributed by atoms with Gasteiger partial charge < -0.3 is 1.43 Å². The molecule has 0 aliphatic carbocycles. The number of hydrogen-bond acceptors (Lipinski definition) is 1. The van der Waals surface area contributed by atoms with Crippen LogP contribution in [-0.4, -0.2) is 9.91 Å². The van der Waals surface area contributed by atoms with E-state index in [1.165, 1.54) is 0 Å². The van der Waals surface area contributed by atoms with Crippen LogP contribution in [0.4, 0.5) is 0 Å². The Bertz CT molecular complexity index is 23.0. The molecule has 5 heavy (non-hydrogen) atoms. The summed E-state index contributed by atoms with van der Waals surface area (Å²) in [6, 6.07) is 0. The first-order chi connectivity index (χ1) is 1.41. The molecule has 0 aliphatic heterocycles. The quantitative estimate of drug-likeness (QED) is 0.291. The summed E-state index contributed by atoms with van der Waals surface area (Å²) in [4.78, 5) is 0. The average Bonchev–Trinajstić information content (AvgIpc) is 0.918. The first-order valence-electron chi connectivity index (χ1n) is 0.630. The van der Waals surface area contributed by atoms with Gasteiger partial charge in [0.25, 0.3) is 0 Å². The minimum Gasteiger partial charge on any atom is -1.00 e. The summed E-state index contributed by atoms with van der Waals surface area (Å²) in [6.07, 6.45) is 0. The van der Waals surface area contributed by atoms with E-state index in [2.05, 4.69) is 0 Å². The summed E-state index contributed by atoms with van der Waals surface area (Å²) in [5.74, 6) is 0. The zero-order valence-corrected chi connectivity index (χ0v) is 10.7. The van der Waals surface area contributed by atoms with Crippen LogP contribution in [0, 0.1) is 0 Å². The Kier molecular flexibility index (Phi) is 51.4.